The lowest BCUT2D eigenvalue weighted by Crippen LogP contribution is -2.34. The van der Waals surface area contributed by atoms with Crippen LogP contribution in [0.1, 0.15) is 15.9 Å². The highest BCUT2D eigenvalue weighted by atomic mass is 16.5. The van der Waals surface area contributed by atoms with Crippen molar-refractivity contribution >= 4 is 17.6 Å². The first kappa shape index (κ1) is 19.0. The summed E-state index contributed by atoms with van der Waals surface area (Å²) < 4.78 is 5.08. The number of anilines is 1. The number of carbonyl (C=O) groups is 2. The van der Waals surface area contributed by atoms with Crippen molar-refractivity contribution in [3.8, 4) is 11.5 Å². The molecule has 0 atom stereocenters. The van der Waals surface area contributed by atoms with Crippen LogP contribution in [0.3, 0.4) is 0 Å². The molecule has 3 aromatic rings. The molecule has 3 rings (SSSR count). The molecule has 0 unspecified atom stereocenters. The number of hydrogen-bond acceptors (Lipinski definition) is 5. The Bertz CT molecular complexity index is 957. The molecule has 2 N–H and O–H groups in total. The minimum Gasteiger partial charge on any atom is -0.508 e. The maximum Gasteiger partial charge on any atom is 0.342 e. The SMILES string of the molecule is O=C(OCC(=O)N(Cc1ccccc1)c1ccccc1)c1ccc(O)cc1O. The molecule has 0 aliphatic carbocycles. The van der Waals surface area contributed by atoms with Crippen LogP contribution in [0.15, 0.2) is 78.9 Å². The van der Waals surface area contributed by atoms with E-state index in [4.69, 9.17) is 4.74 Å². The van der Waals surface area contributed by atoms with Crippen LogP contribution in [-0.2, 0) is 16.1 Å². The number of phenols is 2. The van der Waals surface area contributed by atoms with Crippen LogP contribution in [0.25, 0.3) is 0 Å². The average Bonchev–Trinajstić information content (AvgIpc) is 2.71. The first-order chi connectivity index (χ1) is 13.5. The Labute approximate surface area is 162 Å². The number of ether oxygens (including phenoxy) is 1. The van der Waals surface area contributed by atoms with Gasteiger partial charge in [-0.3, -0.25) is 4.79 Å². The molecule has 0 spiro atoms. The third kappa shape index (κ3) is 4.67. The van der Waals surface area contributed by atoms with Crippen LogP contribution in [0, 0.1) is 0 Å². The number of benzene rings is 3. The summed E-state index contributed by atoms with van der Waals surface area (Å²) in [6.45, 7) is -0.160. The van der Waals surface area contributed by atoms with Crippen LogP contribution in [0.2, 0.25) is 0 Å². The van der Waals surface area contributed by atoms with Gasteiger partial charge in [-0.15, -0.1) is 0 Å². The molecule has 0 aliphatic rings. The second-order valence-electron chi connectivity index (χ2n) is 6.08. The number of carbonyl (C=O) groups excluding carboxylic acids is 2. The van der Waals surface area contributed by atoms with Gasteiger partial charge in [0.15, 0.2) is 6.61 Å². The van der Waals surface area contributed by atoms with Gasteiger partial charge < -0.3 is 19.8 Å². The van der Waals surface area contributed by atoms with Gasteiger partial charge in [-0.1, -0.05) is 48.5 Å². The predicted molar refractivity (Wildman–Crippen MR) is 104 cm³/mol. The number of amides is 1. The van der Waals surface area contributed by atoms with Crippen LogP contribution < -0.4 is 4.90 Å². The fourth-order valence-electron chi connectivity index (χ4n) is 2.67. The van der Waals surface area contributed by atoms with Crippen LogP contribution in [-0.4, -0.2) is 28.7 Å². The summed E-state index contributed by atoms with van der Waals surface area (Å²) in [7, 11) is 0. The zero-order chi connectivity index (χ0) is 19.9. The van der Waals surface area contributed by atoms with Crippen LogP contribution >= 0.6 is 0 Å². The van der Waals surface area contributed by atoms with Gasteiger partial charge in [0.25, 0.3) is 5.91 Å². The number of phenolic OH excluding ortho intramolecular Hbond substituents is 2. The molecule has 28 heavy (non-hydrogen) atoms. The fourth-order valence-corrected chi connectivity index (χ4v) is 2.67. The summed E-state index contributed by atoms with van der Waals surface area (Å²) in [6, 6.07) is 22.1. The lowest BCUT2D eigenvalue weighted by molar-refractivity contribution is -0.121. The van der Waals surface area contributed by atoms with Gasteiger partial charge in [0.05, 0.1) is 6.54 Å². The van der Waals surface area contributed by atoms with Crippen LogP contribution in [0.5, 0.6) is 11.5 Å². The molecule has 0 radical (unpaired) electrons. The van der Waals surface area contributed by atoms with E-state index in [1.165, 1.54) is 17.0 Å². The zero-order valence-electron chi connectivity index (χ0n) is 15.0. The molecule has 6 heteroatoms. The Morgan fingerprint density at radius 2 is 1.50 bits per heavy atom. The van der Waals surface area contributed by atoms with Crippen molar-refractivity contribution in [3.05, 3.63) is 90.0 Å². The molecule has 0 heterocycles. The standard InChI is InChI=1S/C22H19NO5/c24-18-11-12-19(20(25)13-18)22(27)28-15-21(26)23(17-9-5-2-6-10-17)14-16-7-3-1-4-8-16/h1-13,24-25H,14-15H2. The van der Waals surface area contributed by atoms with Gasteiger partial charge in [-0.05, 0) is 29.8 Å². The Hall–Kier alpha value is -3.80. The molecular formula is C22H19NO5. The van der Waals surface area contributed by atoms with E-state index < -0.39 is 24.2 Å². The fraction of sp³-hybridized carbons (Fsp3) is 0.0909. The van der Waals surface area contributed by atoms with Crippen molar-refractivity contribution in [1.29, 1.82) is 0 Å². The quantitative estimate of drug-likeness (QED) is 0.642. The predicted octanol–water partition coefficient (Wildman–Crippen LogP) is 3.49. The first-order valence-electron chi connectivity index (χ1n) is 8.63. The lowest BCUT2D eigenvalue weighted by Gasteiger charge is -2.23. The number of rotatable bonds is 6. The summed E-state index contributed by atoms with van der Waals surface area (Å²) in [5.74, 6) is -1.84. The average molecular weight is 377 g/mol. The van der Waals surface area contributed by atoms with Gasteiger partial charge in [0.2, 0.25) is 0 Å². The topological polar surface area (TPSA) is 87.1 Å². The highest BCUT2D eigenvalue weighted by Gasteiger charge is 2.20. The molecule has 0 aliphatic heterocycles. The second-order valence-corrected chi connectivity index (χ2v) is 6.08. The van der Waals surface area contributed by atoms with E-state index in [1.807, 2.05) is 48.5 Å². The van der Waals surface area contributed by atoms with Crippen molar-refractivity contribution < 1.29 is 24.5 Å². The third-order valence-electron chi connectivity index (χ3n) is 4.08. The molecule has 142 valence electrons. The Morgan fingerprint density at radius 3 is 2.14 bits per heavy atom. The van der Waals surface area contributed by atoms with E-state index in [0.29, 0.717) is 12.2 Å². The summed E-state index contributed by atoms with van der Waals surface area (Å²) >= 11 is 0. The highest BCUT2D eigenvalue weighted by molar-refractivity contribution is 5.98. The lowest BCUT2D eigenvalue weighted by atomic mass is 10.2. The van der Waals surface area contributed by atoms with E-state index in [1.54, 1.807) is 12.1 Å². The molecule has 1 amide bonds. The summed E-state index contributed by atoms with van der Waals surface area (Å²) in [4.78, 5) is 26.5. The van der Waals surface area contributed by atoms with Gasteiger partial charge in [0, 0.05) is 11.8 Å². The van der Waals surface area contributed by atoms with Crippen LogP contribution in [0.4, 0.5) is 5.69 Å². The Morgan fingerprint density at radius 1 is 0.857 bits per heavy atom. The molecule has 6 nitrogen and oxygen atoms in total. The summed E-state index contributed by atoms with van der Waals surface area (Å²) in [5.41, 5.74) is 1.49. The molecule has 0 fully saturated rings. The Balaban J connectivity index is 1.73. The molecule has 0 aromatic heterocycles. The van der Waals surface area contributed by atoms with Gasteiger partial charge in [-0.2, -0.15) is 0 Å². The first-order valence-corrected chi connectivity index (χ1v) is 8.63. The minimum atomic E-state index is -0.849. The highest BCUT2D eigenvalue weighted by Crippen LogP contribution is 2.23. The van der Waals surface area contributed by atoms with Crippen molar-refractivity contribution in [1.82, 2.24) is 0 Å². The third-order valence-corrected chi connectivity index (χ3v) is 4.08. The van der Waals surface area contributed by atoms with Crippen molar-refractivity contribution in [3.63, 3.8) is 0 Å². The number of hydrogen-bond donors (Lipinski definition) is 2. The molecule has 0 saturated carbocycles. The van der Waals surface area contributed by atoms with Crippen molar-refractivity contribution in [2.24, 2.45) is 0 Å². The smallest absolute Gasteiger partial charge is 0.342 e. The molecular weight excluding hydrogens is 358 g/mol. The molecule has 0 bridgehead atoms. The van der Waals surface area contributed by atoms with E-state index in [9.17, 15) is 19.8 Å². The normalized spacial score (nSPS) is 10.3. The van der Waals surface area contributed by atoms with E-state index >= 15 is 0 Å². The largest absolute Gasteiger partial charge is 0.508 e. The summed E-state index contributed by atoms with van der Waals surface area (Å²) in [5, 5.41) is 19.1. The number of nitrogens with zero attached hydrogens (tertiary/aromatic N) is 1. The number of para-hydroxylation sites is 1. The van der Waals surface area contributed by atoms with Crippen molar-refractivity contribution in [2.75, 3.05) is 11.5 Å². The maximum atomic E-state index is 12.8. The van der Waals surface area contributed by atoms with Gasteiger partial charge >= 0.3 is 5.97 Å². The molecule has 3 aromatic carbocycles. The van der Waals surface area contributed by atoms with Gasteiger partial charge in [-0.25, -0.2) is 4.79 Å². The minimum absolute atomic E-state index is 0.125. The van der Waals surface area contributed by atoms with E-state index in [2.05, 4.69) is 0 Å². The second kappa shape index (κ2) is 8.73. The van der Waals surface area contributed by atoms with Crippen molar-refractivity contribution in [2.45, 2.75) is 6.54 Å². The monoisotopic (exact) mass is 377 g/mol. The number of esters is 1. The number of aromatic hydroxyl groups is 2. The van der Waals surface area contributed by atoms with E-state index in [0.717, 1.165) is 11.6 Å². The Kier molecular flexibility index (Phi) is 5.91. The summed E-state index contributed by atoms with van der Waals surface area (Å²) in [6.07, 6.45) is 0. The zero-order valence-corrected chi connectivity index (χ0v) is 15.0. The molecule has 0 saturated heterocycles. The van der Waals surface area contributed by atoms with Gasteiger partial charge in [0.1, 0.15) is 17.1 Å². The van der Waals surface area contributed by atoms with E-state index in [-0.39, 0.29) is 11.3 Å². The maximum absolute atomic E-state index is 12.8.